The third-order valence-electron chi connectivity index (χ3n) is 4.66. The quantitative estimate of drug-likeness (QED) is 0.473. The number of hydrogen-bond donors (Lipinski definition) is 1. The van der Waals surface area contributed by atoms with Crippen LogP contribution in [0.1, 0.15) is 46.2 Å². The Morgan fingerprint density at radius 1 is 1.20 bits per heavy atom. The molecule has 0 unspecified atom stereocenters. The molecule has 0 aromatic heterocycles. The van der Waals surface area contributed by atoms with E-state index in [1.165, 1.54) is 11.8 Å². The minimum Gasteiger partial charge on any atom is -0.459 e. The molecule has 0 radical (unpaired) electrons. The fourth-order valence-corrected chi connectivity index (χ4v) is 4.34. The number of amidine groups is 1. The summed E-state index contributed by atoms with van der Waals surface area (Å²) < 4.78 is 5.47. The normalized spacial score (nSPS) is 16.2. The van der Waals surface area contributed by atoms with Crippen molar-refractivity contribution in [3.63, 3.8) is 0 Å². The molecular formula is C22H31N3O3S2. The number of esters is 1. The maximum Gasteiger partial charge on any atom is 0.338 e. The molecule has 0 saturated carbocycles. The first kappa shape index (κ1) is 24.3. The molecule has 1 aromatic rings. The Labute approximate surface area is 187 Å². The van der Waals surface area contributed by atoms with Gasteiger partial charge in [0.2, 0.25) is 5.91 Å². The number of nitrogens with zero attached hydrogens (tertiary/aromatic N) is 2. The number of rotatable bonds is 8. The number of carbonyl (C=O) groups is 2. The third-order valence-corrected chi connectivity index (χ3v) is 6.28. The summed E-state index contributed by atoms with van der Waals surface area (Å²) in [5.74, 6) is -0.00647. The van der Waals surface area contributed by atoms with Gasteiger partial charge >= 0.3 is 5.97 Å². The maximum absolute atomic E-state index is 12.8. The fraction of sp³-hybridized carbons (Fsp3) is 0.500. The van der Waals surface area contributed by atoms with Gasteiger partial charge in [-0.25, -0.2) is 9.79 Å². The van der Waals surface area contributed by atoms with Crippen molar-refractivity contribution < 1.29 is 14.3 Å². The van der Waals surface area contributed by atoms with Gasteiger partial charge in [0.15, 0.2) is 5.17 Å². The van der Waals surface area contributed by atoms with E-state index in [1.807, 2.05) is 65.1 Å². The summed E-state index contributed by atoms with van der Waals surface area (Å²) in [6.45, 7) is 10.8. The number of amides is 1. The van der Waals surface area contributed by atoms with Gasteiger partial charge in [0.05, 0.1) is 17.4 Å². The van der Waals surface area contributed by atoms with Gasteiger partial charge in [0.1, 0.15) is 6.04 Å². The Morgan fingerprint density at radius 2 is 1.83 bits per heavy atom. The summed E-state index contributed by atoms with van der Waals surface area (Å²) in [6.07, 6.45) is 1.80. The monoisotopic (exact) mass is 449 g/mol. The zero-order valence-corrected chi connectivity index (χ0v) is 20.2. The van der Waals surface area contributed by atoms with Crippen LogP contribution in [0, 0.1) is 0 Å². The number of benzene rings is 1. The van der Waals surface area contributed by atoms with E-state index < -0.39 is 6.04 Å². The molecule has 6 nitrogen and oxygen atoms in total. The number of aliphatic imine (C=N–C) groups is 1. The number of nitrogens with one attached hydrogen (secondary N) is 1. The van der Waals surface area contributed by atoms with Gasteiger partial charge in [0.25, 0.3) is 0 Å². The third kappa shape index (κ3) is 6.28. The molecule has 1 aromatic carbocycles. The van der Waals surface area contributed by atoms with Crippen LogP contribution < -0.4 is 5.32 Å². The predicted molar refractivity (Wildman–Crippen MR) is 126 cm³/mol. The molecule has 0 aliphatic carbocycles. The van der Waals surface area contributed by atoms with E-state index in [9.17, 15) is 9.59 Å². The molecule has 1 amide bonds. The Kier molecular flexibility index (Phi) is 9.30. The molecule has 1 atom stereocenters. The SMILES string of the molecule is CCN(CC)C(=O)CSC1=N[C@H](c2ccc(SC)cc2)C(C(=O)OC(C)C)=C(C)N1. The molecule has 0 spiro atoms. The molecule has 2 rings (SSSR count). The van der Waals surface area contributed by atoms with Crippen LogP contribution in [0.5, 0.6) is 0 Å². The van der Waals surface area contributed by atoms with E-state index >= 15 is 0 Å². The lowest BCUT2D eigenvalue weighted by Gasteiger charge is -2.27. The van der Waals surface area contributed by atoms with E-state index in [1.54, 1.807) is 16.7 Å². The molecule has 164 valence electrons. The Balaban J connectivity index is 2.30. The second kappa shape index (κ2) is 11.5. The highest BCUT2D eigenvalue weighted by molar-refractivity contribution is 8.14. The van der Waals surface area contributed by atoms with Gasteiger partial charge in [-0.3, -0.25) is 4.79 Å². The molecule has 1 heterocycles. The molecule has 1 aliphatic rings. The summed E-state index contributed by atoms with van der Waals surface area (Å²) >= 11 is 3.02. The number of allylic oxidation sites excluding steroid dienone is 1. The molecule has 0 bridgehead atoms. The Hall–Kier alpha value is -1.93. The zero-order valence-electron chi connectivity index (χ0n) is 18.5. The highest BCUT2D eigenvalue weighted by Gasteiger charge is 2.31. The molecule has 8 heteroatoms. The number of hydrogen-bond acceptors (Lipinski definition) is 7. The lowest BCUT2D eigenvalue weighted by Crippen LogP contribution is -2.34. The molecule has 30 heavy (non-hydrogen) atoms. The molecule has 1 aliphatic heterocycles. The van der Waals surface area contributed by atoms with E-state index in [0.717, 1.165) is 10.5 Å². The van der Waals surface area contributed by atoms with Crippen molar-refractivity contribution >= 4 is 40.6 Å². The van der Waals surface area contributed by atoms with E-state index in [4.69, 9.17) is 9.73 Å². The van der Waals surface area contributed by atoms with Crippen LogP contribution in [0.15, 0.2) is 45.4 Å². The smallest absolute Gasteiger partial charge is 0.338 e. The lowest BCUT2D eigenvalue weighted by atomic mass is 9.96. The van der Waals surface area contributed by atoms with E-state index in [-0.39, 0.29) is 18.0 Å². The van der Waals surface area contributed by atoms with Crippen molar-refractivity contribution in [1.82, 2.24) is 10.2 Å². The van der Waals surface area contributed by atoms with Gasteiger partial charge in [-0.15, -0.1) is 11.8 Å². The van der Waals surface area contributed by atoms with Crippen LogP contribution in [0.4, 0.5) is 0 Å². The molecule has 0 fully saturated rings. The molecular weight excluding hydrogens is 418 g/mol. The lowest BCUT2D eigenvalue weighted by molar-refractivity contribution is -0.143. The highest BCUT2D eigenvalue weighted by atomic mass is 32.2. The van der Waals surface area contributed by atoms with Crippen LogP contribution in [0.3, 0.4) is 0 Å². The van der Waals surface area contributed by atoms with E-state index in [0.29, 0.717) is 35.3 Å². The van der Waals surface area contributed by atoms with Crippen molar-refractivity contribution in [3.8, 4) is 0 Å². The van der Waals surface area contributed by atoms with Crippen LogP contribution in [0.2, 0.25) is 0 Å². The van der Waals surface area contributed by atoms with E-state index in [2.05, 4.69) is 5.32 Å². The van der Waals surface area contributed by atoms with Crippen molar-refractivity contribution in [3.05, 3.63) is 41.1 Å². The van der Waals surface area contributed by atoms with Gasteiger partial charge in [-0.05, 0) is 58.6 Å². The molecule has 1 N–H and O–H groups in total. The average Bonchev–Trinajstić information content (AvgIpc) is 2.72. The van der Waals surface area contributed by atoms with Crippen LogP contribution >= 0.6 is 23.5 Å². The predicted octanol–water partition coefficient (Wildman–Crippen LogP) is 4.24. The Bertz CT molecular complexity index is 815. The Morgan fingerprint density at radius 3 is 2.37 bits per heavy atom. The topological polar surface area (TPSA) is 71.0 Å². The van der Waals surface area contributed by atoms with Crippen molar-refractivity contribution in [2.24, 2.45) is 4.99 Å². The first-order valence-electron chi connectivity index (χ1n) is 10.1. The van der Waals surface area contributed by atoms with Gasteiger partial charge in [-0.2, -0.15) is 0 Å². The summed E-state index contributed by atoms with van der Waals surface area (Å²) in [7, 11) is 0. The number of carbonyl (C=O) groups excluding carboxylic acids is 2. The largest absolute Gasteiger partial charge is 0.459 e. The van der Waals surface area contributed by atoms with Gasteiger partial charge in [-0.1, -0.05) is 23.9 Å². The summed E-state index contributed by atoms with van der Waals surface area (Å²) in [6, 6.07) is 7.55. The van der Waals surface area contributed by atoms with Gasteiger partial charge < -0.3 is 15.0 Å². The minimum atomic E-state index is -0.473. The number of thioether (sulfide) groups is 2. The molecule has 0 saturated heterocycles. The van der Waals surface area contributed by atoms with Crippen molar-refractivity contribution in [2.45, 2.75) is 51.7 Å². The first-order valence-corrected chi connectivity index (χ1v) is 12.3. The summed E-state index contributed by atoms with van der Waals surface area (Å²) in [4.78, 5) is 32.9. The maximum atomic E-state index is 12.8. The van der Waals surface area contributed by atoms with Crippen molar-refractivity contribution in [2.75, 3.05) is 25.1 Å². The van der Waals surface area contributed by atoms with Crippen LogP contribution in [-0.4, -0.2) is 53.1 Å². The minimum absolute atomic E-state index is 0.0713. The van der Waals surface area contributed by atoms with Crippen molar-refractivity contribution in [1.29, 1.82) is 0 Å². The second-order valence-electron chi connectivity index (χ2n) is 7.08. The summed E-state index contributed by atoms with van der Waals surface area (Å²) in [5, 5.41) is 3.82. The first-order chi connectivity index (χ1) is 14.3. The standard InChI is InChI=1S/C22H31N3O3S2/c1-7-25(8-2)18(26)13-30-22-23-15(5)19(21(27)28-14(3)4)20(24-22)16-9-11-17(29-6)12-10-16/h9-12,14,20H,7-8,13H2,1-6H3,(H,23,24)/t20-/m1/s1. The average molecular weight is 450 g/mol. The van der Waals surface area contributed by atoms with Crippen LogP contribution in [-0.2, 0) is 14.3 Å². The second-order valence-corrected chi connectivity index (χ2v) is 8.93. The highest BCUT2D eigenvalue weighted by Crippen LogP contribution is 2.34. The summed E-state index contributed by atoms with van der Waals surface area (Å²) in [5.41, 5.74) is 2.12. The fourth-order valence-electron chi connectivity index (χ4n) is 3.09. The number of ether oxygens (including phenoxy) is 1. The van der Waals surface area contributed by atoms with Gasteiger partial charge in [0, 0.05) is 23.7 Å². The van der Waals surface area contributed by atoms with Crippen LogP contribution in [0.25, 0.3) is 0 Å². The zero-order chi connectivity index (χ0) is 22.3.